The van der Waals surface area contributed by atoms with Crippen molar-refractivity contribution in [1.29, 1.82) is 0 Å². The van der Waals surface area contributed by atoms with Crippen LogP contribution in [-0.4, -0.2) is 50.7 Å². The molecule has 154 valence electrons. The minimum absolute atomic E-state index is 0.0570. The molecule has 9 heteroatoms. The van der Waals surface area contributed by atoms with Gasteiger partial charge in [0.25, 0.3) is 0 Å². The van der Waals surface area contributed by atoms with Crippen LogP contribution in [0.25, 0.3) is 17.0 Å². The zero-order chi connectivity index (χ0) is 21.3. The molecule has 1 aromatic carbocycles. The number of anilines is 1. The van der Waals surface area contributed by atoms with Crippen LogP contribution < -0.4 is 5.73 Å². The number of benzene rings is 1. The van der Waals surface area contributed by atoms with Crippen molar-refractivity contribution in [2.75, 3.05) is 18.8 Å². The van der Waals surface area contributed by atoms with Crippen LogP contribution in [0.15, 0.2) is 42.7 Å². The summed E-state index contributed by atoms with van der Waals surface area (Å²) < 4.78 is 0.669. The van der Waals surface area contributed by atoms with E-state index in [0.29, 0.717) is 23.2 Å². The monoisotopic (exact) mass is 441 g/mol. The van der Waals surface area contributed by atoms with Crippen LogP contribution in [0.3, 0.4) is 0 Å². The van der Waals surface area contributed by atoms with Gasteiger partial charge in [0.2, 0.25) is 11.8 Å². The number of thiophene rings is 1. The summed E-state index contributed by atoms with van der Waals surface area (Å²) in [7, 11) is 0. The second-order valence-electron chi connectivity index (χ2n) is 7.18. The largest absolute Gasteiger partial charge is 0.383 e. The summed E-state index contributed by atoms with van der Waals surface area (Å²) >= 11 is 7.31. The van der Waals surface area contributed by atoms with Crippen LogP contribution in [0.2, 0.25) is 4.34 Å². The highest BCUT2D eigenvalue weighted by Crippen LogP contribution is 2.23. The Balaban J connectivity index is 1.43. The highest BCUT2D eigenvalue weighted by atomic mass is 35.5. The van der Waals surface area contributed by atoms with Gasteiger partial charge in [-0.25, -0.2) is 9.97 Å². The van der Waals surface area contributed by atoms with E-state index in [2.05, 4.69) is 9.97 Å². The normalized spacial score (nSPS) is 17.3. The third-order valence-corrected chi connectivity index (χ3v) is 6.24. The van der Waals surface area contributed by atoms with Crippen molar-refractivity contribution in [1.82, 2.24) is 19.8 Å². The van der Waals surface area contributed by atoms with Crippen molar-refractivity contribution in [3.63, 3.8) is 0 Å². The predicted octanol–water partition coefficient (Wildman–Crippen LogP) is 3.20. The van der Waals surface area contributed by atoms with Gasteiger partial charge in [-0.1, -0.05) is 17.7 Å². The van der Waals surface area contributed by atoms with E-state index in [-0.39, 0.29) is 24.4 Å². The van der Waals surface area contributed by atoms with Crippen LogP contribution in [0.1, 0.15) is 17.4 Å². The molecule has 3 aromatic rings. The van der Waals surface area contributed by atoms with Crippen LogP contribution in [0.4, 0.5) is 5.82 Å². The second-order valence-corrected chi connectivity index (χ2v) is 8.92. The smallest absolute Gasteiger partial charge is 0.247 e. The molecule has 30 heavy (non-hydrogen) atoms. The number of fused-ring (bicyclic) bond motifs is 1. The third kappa shape index (κ3) is 4.29. The summed E-state index contributed by atoms with van der Waals surface area (Å²) in [6, 6.07) is 9.24. The van der Waals surface area contributed by atoms with E-state index in [9.17, 15) is 9.59 Å². The number of amides is 2. The van der Waals surface area contributed by atoms with Crippen LogP contribution >= 0.6 is 22.9 Å². The summed E-state index contributed by atoms with van der Waals surface area (Å²) in [5.74, 6) is 0.162. The van der Waals surface area contributed by atoms with Crippen molar-refractivity contribution in [3.8, 4) is 0 Å². The molecule has 4 rings (SSSR count). The number of aromatic nitrogens is 2. The Morgan fingerprint density at radius 1 is 1.33 bits per heavy atom. The van der Waals surface area contributed by atoms with Gasteiger partial charge in [0.05, 0.1) is 9.85 Å². The zero-order valence-corrected chi connectivity index (χ0v) is 17.9. The lowest BCUT2D eigenvalue weighted by Crippen LogP contribution is -2.56. The highest BCUT2D eigenvalue weighted by molar-refractivity contribution is 7.17. The zero-order valence-electron chi connectivity index (χ0n) is 16.3. The van der Waals surface area contributed by atoms with Crippen molar-refractivity contribution in [2.24, 2.45) is 0 Å². The molecule has 1 atom stereocenters. The number of carbonyl (C=O) groups is 2. The SMILES string of the molecule is CC1CN(C(=O)C=Cc2ccc(Cl)s2)CC(=O)N1Cc1ccc2c(N)ncnc2c1. The van der Waals surface area contributed by atoms with E-state index in [0.717, 1.165) is 21.3 Å². The first-order chi connectivity index (χ1) is 14.4. The Hall–Kier alpha value is -2.97. The molecule has 1 saturated heterocycles. The van der Waals surface area contributed by atoms with E-state index in [1.807, 2.05) is 31.2 Å². The van der Waals surface area contributed by atoms with Crippen LogP contribution in [0.5, 0.6) is 0 Å². The predicted molar refractivity (Wildman–Crippen MR) is 119 cm³/mol. The first-order valence-electron chi connectivity index (χ1n) is 9.41. The summed E-state index contributed by atoms with van der Waals surface area (Å²) in [4.78, 5) is 37.8. The minimum Gasteiger partial charge on any atom is -0.383 e. The van der Waals surface area contributed by atoms with Crippen LogP contribution in [-0.2, 0) is 16.1 Å². The Morgan fingerprint density at radius 3 is 2.90 bits per heavy atom. The molecule has 2 amide bonds. The number of nitrogen functional groups attached to an aromatic ring is 1. The molecule has 0 spiro atoms. The van der Waals surface area contributed by atoms with Gasteiger partial charge < -0.3 is 15.5 Å². The summed E-state index contributed by atoms with van der Waals surface area (Å²) in [6.07, 6.45) is 4.64. The molecule has 0 aliphatic carbocycles. The quantitative estimate of drug-likeness (QED) is 0.627. The molecule has 2 aromatic heterocycles. The maximum absolute atomic E-state index is 12.8. The van der Waals surface area contributed by atoms with Gasteiger partial charge in [0.1, 0.15) is 18.7 Å². The van der Waals surface area contributed by atoms with E-state index in [1.54, 1.807) is 21.9 Å². The summed E-state index contributed by atoms with van der Waals surface area (Å²) in [5.41, 5.74) is 7.57. The molecular formula is C21H20ClN5O2S. The lowest BCUT2D eigenvalue weighted by molar-refractivity contribution is -0.146. The van der Waals surface area contributed by atoms with Gasteiger partial charge in [-0.3, -0.25) is 9.59 Å². The number of hydrogen-bond acceptors (Lipinski definition) is 6. The molecule has 1 aliphatic rings. The first-order valence-corrected chi connectivity index (χ1v) is 10.6. The lowest BCUT2D eigenvalue weighted by atomic mass is 10.1. The molecule has 0 bridgehead atoms. The lowest BCUT2D eigenvalue weighted by Gasteiger charge is -2.39. The number of piperazine rings is 1. The molecule has 1 unspecified atom stereocenters. The summed E-state index contributed by atoms with van der Waals surface area (Å²) in [5, 5.41) is 0.787. The van der Waals surface area contributed by atoms with E-state index >= 15 is 0 Å². The Kier molecular flexibility index (Phi) is 5.69. The highest BCUT2D eigenvalue weighted by Gasteiger charge is 2.31. The average Bonchev–Trinajstić information content (AvgIpc) is 3.14. The van der Waals surface area contributed by atoms with Gasteiger partial charge in [-0.15, -0.1) is 11.3 Å². The number of nitrogens with zero attached hydrogens (tertiary/aromatic N) is 4. The van der Waals surface area contributed by atoms with E-state index < -0.39 is 0 Å². The second kappa shape index (κ2) is 8.41. The van der Waals surface area contributed by atoms with E-state index in [4.69, 9.17) is 17.3 Å². The summed E-state index contributed by atoms with van der Waals surface area (Å²) in [6.45, 7) is 2.93. The van der Waals surface area contributed by atoms with Gasteiger partial charge in [-0.2, -0.15) is 0 Å². The van der Waals surface area contributed by atoms with Gasteiger partial charge >= 0.3 is 0 Å². The fraction of sp³-hybridized carbons (Fsp3) is 0.238. The fourth-order valence-electron chi connectivity index (χ4n) is 3.49. The van der Waals surface area contributed by atoms with Gasteiger partial charge in [-0.05, 0) is 42.8 Å². The maximum Gasteiger partial charge on any atom is 0.247 e. The van der Waals surface area contributed by atoms with Crippen molar-refractivity contribution >= 4 is 57.5 Å². The van der Waals surface area contributed by atoms with Gasteiger partial charge in [0.15, 0.2) is 0 Å². The molecule has 7 nitrogen and oxygen atoms in total. The number of halogens is 1. The molecule has 3 heterocycles. The molecule has 2 N–H and O–H groups in total. The van der Waals surface area contributed by atoms with Crippen molar-refractivity contribution < 1.29 is 9.59 Å². The molecule has 0 radical (unpaired) electrons. The Bertz CT molecular complexity index is 1150. The number of nitrogens with two attached hydrogens (primary N) is 1. The molecule has 1 fully saturated rings. The Labute approximate surface area is 182 Å². The number of rotatable bonds is 4. The third-order valence-electron chi connectivity index (χ3n) is 5.04. The van der Waals surface area contributed by atoms with Crippen LogP contribution in [0, 0.1) is 0 Å². The van der Waals surface area contributed by atoms with E-state index in [1.165, 1.54) is 23.7 Å². The minimum atomic E-state index is -0.183. The molecule has 1 aliphatic heterocycles. The Morgan fingerprint density at radius 2 is 2.17 bits per heavy atom. The molecule has 0 saturated carbocycles. The topological polar surface area (TPSA) is 92.4 Å². The standard InChI is InChI=1S/C21H20ClN5O2S/c1-13-9-26(19(28)7-4-15-3-6-18(22)30-15)11-20(29)27(13)10-14-2-5-16-17(8-14)24-12-25-21(16)23/h2-8,12-13H,9-11H2,1H3,(H2,23,24,25). The van der Waals surface area contributed by atoms with Gasteiger partial charge in [0, 0.05) is 35.5 Å². The number of hydrogen-bond donors (Lipinski definition) is 1. The molecular weight excluding hydrogens is 422 g/mol. The number of carbonyl (C=O) groups excluding carboxylic acids is 2. The average molecular weight is 442 g/mol. The van der Waals surface area contributed by atoms with Crippen molar-refractivity contribution in [2.45, 2.75) is 19.5 Å². The first kappa shape index (κ1) is 20.3. The van der Waals surface area contributed by atoms with Crippen molar-refractivity contribution in [3.05, 3.63) is 57.5 Å². The maximum atomic E-state index is 12.8. The fourth-order valence-corrected chi connectivity index (χ4v) is 4.45.